The maximum absolute atomic E-state index is 13.2. The number of halogens is 1. The predicted octanol–water partition coefficient (Wildman–Crippen LogP) is 4.29. The molecular formula is C15H19FO. The van der Waals surface area contributed by atoms with E-state index in [4.69, 9.17) is 0 Å². The van der Waals surface area contributed by atoms with Crippen molar-refractivity contribution < 1.29 is 9.18 Å². The molecule has 17 heavy (non-hydrogen) atoms. The molecular weight excluding hydrogens is 215 g/mol. The molecule has 0 aromatic heterocycles. The van der Waals surface area contributed by atoms with Crippen LogP contribution in [0.5, 0.6) is 0 Å². The lowest BCUT2D eigenvalue weighted by Gasteiger charge is -2.20. The Morgan fingerprint density at radius 3 is 2.59 bits per heavy atom. The van der Waals surface area contributed by atoms with Gasteiger partial charge in [-0.15, -0.1) is 0 Å². The molecule has 0 atom stereocenters. The predicted molar refractivity (Wildman–Crippen MR) is 66.7 cm³/mol. The molecule has 1 fully saturated rings. The molecule has 0 N–H and O–H groups in total. The van der Waals surface area contributed by atoms with E-state index in [9.17, 15) is 9.18 Å². The minimum atomic E-state index is -0.308. The molecule has 2 rings (SSSR count). The van der Waals surface area contributed by atoms with Gasteiger partial charge in [0.1, 0.15) is 5.82 Å². The molecule has 2 heteroatoms. The first-order valence-corrected chi connectivity index (χ1v) is 6.45. The van der Waals surface area contributed by atoms with E-state index in [-0.39, 0.29) is 11.6 Å². The van der Waals surface area contributed by atoms with Crippen molar-refractivity contribution in [1.29, 1.82) is 0 Å². The van der Waals surface area contributed by atoms with Crippen LogP contribution in [-0.4, -0.2) is 5.78 Å². The van der Waals surface area contributed by atoms with Gasteiger partial charge in [0.25, 0.3) is 0 Å². The van der Waals surface area contributed by atoms with Crippen LogP contribution in [0, 0.1) is 18.7 Å². The van der Waals surface area contributed by atoms with Gasteiger partial charge in [0.05, 0.1) is 0 Å². The third-order valence-electron chi connectivity index (χ3n) is 3.56. The van der Waals surface area contributed by atoms with E-state index in [1.54, 1.807) is 6.07 Å². The standard InChI is InChI=1S/C15H19FO/c1-11-7-13(10-14(16)8-11)15(17)9-12-5-3-2-4-6-12/h7-8,10,12H,2-6,9H2,1H3. The van der Waals surface area contributed by atoms with E-state index in [0.717, 1.165) is 18.4 Å². The number of carbonyl (C=O) groups excluding carboxylic acids is 1. The van der Waals surface area contributed by atoms with E-state index in [1.165, 1.54) is 31.4 Å². The average molecular weight is 234 g/mol. The molecule has 0 unspecified atom stereocenters. The van der Waals surface area contributed by atoms with Crippen molar-refractivity contribution in [2.75, 3.05) is 0 Å². The molecule has 0 bridgehead atoms. The van der Waals surface area contributed by atoms with Crippen molar-refractivity contribution in [3.8, 4) is 0 Å². The van der Waals surface area contributed by atoms with Gasteiger partial charge in [0, 0.05) is 12.0 Å². The second-order valence-corrected chi connectivity index (χ2v) is 5.15. The van der Waals surface area contributed by atoms with Crippen LogP contribution in [0.3, 0.4) is 0 Å². The van der Waals surface area contributed by atoms with Crippen LogP contribution >= 0.6 is 0 Å². The molecule has 0 spiro atoms. The fourth-order valence-corrected chi connectivity index (χ4v) is 2.67. The molecule has 1 aliphatic rings. The number of hydrogen-bond acceptors (Lipinski definition) is 1. The van der Waals surface area contributed by atoms with Crippen molar-refractivity contribution >= 4 is 5.78 Å². The fourth-order valence-electron chi connectivity index (χ4n) is 2.67. The smallest absolute Gasteiger partial charge is 0.163 e. The Morgan fingerprint density at radius 2 is 1.94 bits per heavy atom. The lowest BCUT2D eigenvalue weighted by Crippen LogP contribution is -2.12. The van der Waals surface area contributed by atoms with Crippen LogP contribution in [0.1, 0.15) is 54.4 Å². The molecule has 0 amide bonds. The average Bonchev–Trinajstić information content (AvgIpc) is 2.29. The summed E-state index contributed by atoms with van der Waals surface area (Å²) in [6.45, 7) is 1.82. The molecule has 0 aliphatic heterocycles. The highest BCUT2D eigenvalue weighted by Crippen LogP contribution is 2.27. The van der Waals surface area contributed by atoms with E-state index in [2.05, 4.69) is 0 Å². The third-order valence-corrected chi connectivity index (χ3v) is 3.56. The summed E-state index contributed by atoms with van der Waals surface area (Å²) in [6.07, 6.45) is 6.66. The first kappa shape index (κ1) is 12.3. The molecule has 0 radical (unpaired) electrons. The number of benzene rings is 1. The number of aryl methyl sites for hydroxylation is 1. The molecule has 1 saturated carbocycles. The maximum atomic E-state index is 13.2. The molecule has 0 heterocycles. The molecule has 0 saturated heterocycles. The van der Waals surface area contributed by atoms with Gasteiger partial charge in [-0.25, -0.2) is 4.39 Å². The Hall–Kier alpha value is -1.18. The van der Waals surface area contributed by atoms with Gasteiger partial charge in [-0.1, -0.05) is 32.1 Å². The van der Waals surface area contributed by atoms with Crippen LogP contribution in [0.25, 0.3) is 0 Å². The first-order chi connectivity index (χ1) is 8.15. The summed E-state index contributed by atoms with van der Waals surface area (Å²) in [4.78, 5) is 12.1. The molecule has 1 nitrogen and oxygen atoms in total. The Kier molecular flexibility index (Phi) is 3.93. The van der Waals surface area contributed by atoms with Crippen LogP contribution in [0.2, 0.25) is 0 Å². The molecule has 92 valence electrons. The summed E-state index contributed by atoms with van der Waals surface area (Å²) in [7, 11) is 0. The summed E-state index contributed by atoms with van der Waals surface area (Å²) in [5, 5.41) is 0. The largest absolute Gasteiger partial charge is 0.294 e. The minimum absolute atomic E-state index is 0.0968. The fraction of sp³-hybridized carbons (Fsp3) is 0.533. The summed E-state index contributed by atoms with van der Waals surface area (Å²) in [5.41, 5.74) is 1.35. The second kappa shape index (κ2) is 5.44. The van der Waals surface area contributed by atoms with E-state index >= 15 is 0 Å². The quantitative estimate of drug-likeness (QED) is 0.713. The molecule has 1 aromatic carbocycles. The summed E-state index contributed by atoms with van der Waals surface area (Å²) >= 11 is 0. The van der Waals surface area contributed by atoms with E-state index in [0.29, 0.717) is 17.9 Å². The summed E-state index contributed by atoms with van der Waals surface area (Å²) in [5.74, 6) is 0.302. The third kappa shape index (κ3) is 3.39. The summed E-state index contributed by atoms with van der Waals surface area (Å²) in [6, 6.07) is 4.60. The Balaban J connectivity index is 2.03. The lowest BCUT2D eigenvalue weighted by atomic mass is 9.84. The van der Waals surface area contributed by atoms with Crippen molar-refractivity contribution in [3.05, 3.63) is 35.1 Å². The minimum Gasteiger partial charge on any atom is -0.294 e. The molecule has 1 aromatic rings. The van der Waals surface area contributed by atoms with Crippen LogP contribution in [0.15, 0.2) is 18.2 Å². The van der Waals surface area contributed by atoms with Crippen LogP contribution < -0.4 is 0 Å². The zero-order valence-corrected chi connectivity index (χ0v) is 10.3. The van der Waals surface area contributed by atoms with Crippen molar-refractivity contribution in [3.63, 3.8) is 0 Å². The zero-order valence-electron chi connectivity index (χ0n) is 10.3. The summed E-state index contributed by atoms with van der Waals surface area (Å²) < 4.78 is 13.2. The highest BCUT2D eigenvalue weighted by atomic mass is 19.1. The number of Topliss-reactive ketones (excluding diaryl/α,β-unsaturated/α-hetero) is 1. The van der Waals surface area contributed by atoms with Crippen molar-refractivity contribution in [1.82, 2.24) is 0 Å². The van der Waals surface area contributed by atoms with Gasteiger partial charge in [-0.05, 0) is 36.6 Å². The first-order valence-electron chi connectivity index (χ1n) is 6.45. The van der Waals surface area contributed by atoms with Gasteiger partial charge in [-0.3, -0.25) is 4.79 Å². The van der Waals surface area contributed by atoms with E-state index < -0.39 is 0 Å². The second-order valence-electron chi connectivity index (χ2n) is 5.15. The van der Waals surface area contributed by atoms with Gasteiger partial charge >= 0.3 is 0 Å². The normalized spacial score (nSPS) is 17.1. The Morgan fingerprint density at radius 1 is 1.24 bits per heavy atom. The Bertz CT molecular complexity index is 385. The topological polar surface area (TPSA) is 17.1 Å². The van der Waals surface area contributed by atoms with Gasteiger partial charge < -0.3 is 0 Å². The highest BCUT2D eigenvalue weighted by Gasteiger charge is 2.18. The number of hydrogen-bond donors (Lipinski definition) is 0. The van der Waals surface area contributed by atoms with Crippen LogP contribution in [0.4, 0.5) is 4.39 Å². The number of rotatable bonds is 3. The Labute approximate surface area is 102 Å². The van der Waals surface area contributed by atoms with Crippen molar-refractivity contribution in [2.45, 2.75) is 45.4 Å². The van der Waals surface area contributed by atoms with E-state index in [1.807, 2.05) is 6.92 Å². The number of carbonyl (C=O) groups is 1. The molecule has 1 aliphatic carbocycles. The monoisotopic (exact) mass is 234 g/mol. The zero-order chi connectivity index (χ0) is 12.3. The highest BCUT2D eigenvalue weighted by molar-refractivity contribution is 5.96. The van der Waals surface area contributed by atoms with Crippen molar-refractivity contribution in [2.24, 2.45) is 5.92 Å². The maximum Gasteiger partial charge on any atom is 0.163 e. The van der Waals surface area contributed by atoms with Gasteiger partial charge in [0.2, 0.25) is 0 Å². The SMILES string of the molecule is Cc1cc(F)cc(C(=O)CC2CCCCC2)c1. The van der Waals surface area contributed by atoms with Gasteiger partial charge in [-0.2, -0.15) is 0 Å². The number of ketones is 1. The van der Waals surface area contributed by atoms with Gasteiger partial charge in [0.15, 0.2) is 5.78 Å². The van der Waals surface area contributed by atoms with Crippen LogP contribution in [-0.2, 0) is 0 Å². The lowest BCUT2D eigenvalue weighted by molar-refractivity contribution is 0.0949.